The van der Waals surface area contributed by atoms with Gasteiger partial charge in [0.05, 0.1) is 11.4 Å². The highest BCUT2D eigenvalue weighted by Gasteiger charge is 2.29. The molecule has 0 spiro atoms. The van der Waals surface area contributed by atoms with E-state index in [9.17, 15) is 16.8 Å². The summed E-state index contributed by atoms with van der Waals surface area (Å²) in [6.07, 6.45) is 1.08. The second-order valence-electron chi connectivity index (χ2n) is 8.18. The number of nitrogens with zero attached hydrogens (tertiary/aromatic N) is 2. The standard InChI is InChI=1S/C20H29N3O4S3/c1-14(2)16-11-12-23(13-16)20-15(3)7-6-8-17(20)21-29(24,25)18-9-10-19(28-18)30(26,27)22(4)5/h6-10,14,16,21H,11-13H2,1-5H3. The minimum absolute atomic E-state index is 0.00309. The highest BCUT2D eigenvalue weighted by Crippen LogP contribution is 2.37. The zero-order valence-electron chi connectivity index (χ0n) is 17.9. The molecule has 166 valence electrons. The Hall–Kier alpha value is -1.62. The van der Waals surface area contributed by atoms with Gasteiger partial charge in [-0.1, -0.05) is 26.0 Å². The fraction of sp³-hybridized carbons (Fsp3) is 0.500. The van der Waals surface area contributed by atoms with Crippen LogP contribution in [0.5, 0.6) is 0 Å². The van der Waals surface area contributed by atoms with Crippen LogP contribution in [-0.4, -0.2) is 48.3 Å². The minimum Gasteiger partial charge on any atom is -0.369 e. The number of anilines is 2. The van der Waals surface area contributed by atoms with Crippen molar-refractivity contribution >= 4 is 42.8 Å². The van der Waals surface area contributed by atoms with Crippen molar-refractivity contribution in [3.05, 3.63) is 35.9 Å². The van der Waals surface area contributed by atoms with Crippen molar-refractivity contribution in [1.82, 2.24) is 4.31 Å². The summed E-state index contributed by atoms with van der Waals surface area (Å²) in [6.45, 7) is 8.18. The molecule has 2 heterocycles. The molecule has 1 aromatic heterocycles. The second kappa shape index (κ2) is 8.49. The molecule has 7 nitrogen and oxygen atoms in total. The van der Waals surface area contributed by atoms with E-state index in [0.717, 1.165) is 46.4 Å². The Labute approximate surface area is 183 Å². The number of aryl methyl sites for hydroxylation is 1. The van der Waals surface area contributed by atoms with Crippen molar-refractivity contribution in [2.75, 3.05) is 36.8 Å². The van der Waals surface area contributed by atoms with Gasteiger partial charge in [-0.2, -0.15) is 0 Å². The molecular formula is C20H29N3O4S3. The Morgan fingerprint density at radius 1 is 1.10 bits per heavy atom. The molecule has 0 amide bonds. The fourth-order valence-electron chi connectivity index (χ4n) is 3.66. The zero-order chi connectivity index (χ0) is 22.3. The maximum atomic E-state index is 13.0. The molecule has 1 atom stereocenters. The summed E-state index contributed by atoms with van der Waals surface area (Å²) in [5, 5.41) is 0. The van der Waals surface area contributed by atoms with E-state index in [1.807, 2.05) is 19.1 Å². The van der Waals surface area contributed by atoms with E-state index in [1.165, 1.54) is 26.2 Å². The summed E-state index contributed by atoms with van der Waals surface area (Å²) in [4.78, 5) is 2.24. The Kier molecular flexibility index (Phi) is 6.52. The normalized spacial score (nSPS) is 17.8. The molecule has 30 heavy (non-hydrogen) atoms. The lowest BCUT2D eigenvalue weighted by molar-refractivity contribution is 0.423. The van der Waals surface area contributed by atoms with Gasteiger partial charge in [0, 0.05) is 27.2 Å². The molecule has 1 aliphatic heterocycles. The van der Waals surface area contributed by atoms with Gasteiger partial charge in [0.15, 0.2) is 0 Å². The largest absolute Gasteiger partial charge is 0.369 e. The summed E-state index contributed by atoms with van der Waals surface area (Å²) in [7, 11) is -4.76. The van der Waals surface area contributed by atoms with E-state index >= 15 is 0 Å². The smallest absolute Gasteiger partial charge is 0.271 e. The van der Waals surface area contributed by atoms with Gasteiger partial charge in [-0.25, -0.2) is 21.1 Å². The molecule has 1 N–H and O–H groups in total. The Bertz CT molecular complexity index is 1120. The van der Waals surface area contributed by atoms with Crippen LogP contribution in [0.2, 0.25) is 0 Å². The third-order valence-corrected chi connectivity index (χ3v) is 10.7. The molecule has 0 saturated carbocycles. The molecule has 1 aromatic carbocycles. The molecule has 1 unspecified atom stereocenters. The molecular weight excluding hydrogens is 442 g/mol. The SMILES string of the molecule is Cc1cccc(NS(=O)(=O)c2ccc(S(=O)(=O)N(C)C)s2)c1N1CCC(C(C)C)C1. The van der Waals surface area contributed by atoms with Crippen LogP contribution in [0.1, 0.15) is 25.8 Å². The Balaban J connectivity index is 1.92. The first kappa shape index (κ1) is 23.1. The molecule has 0 bridgehead atoms. The highest BCUT2D eigenvalue weighted by molar-refractivity contribution is 7.96. The maximum Gasteiger partial charge on any atom is 0.271 e. The zero-order valence-corrected chi connectivity index (χ0v) is 20.4. The number of rotatable bonds is 7. The van der Waals surface area contributed by atoms with Gasteiger partial charge in [-0.05, 0) is 48.9 Å². The van der Waals surface area contributed by atoms with E-state index < -0.39 is 20.0 Å². The monoisotopic (exact) mass is 471 g/mol. The van der Waals surface area contributed by atoms with Crippen molar-refractivity contribution in [3.63, 3.8) is 0 Å². The average molecular weight is 472 g/mol. The van der Waals surface area contributed by atoms with Gasteiger partial charge in [0.25, 0.3) is 20.0 Å². The van der Waals surface area contributed by atoms with E-state index in [2.05, 4.69) is 23.5 Å². The van der Waals surface area contributed by atoms with E-state index in [1.54, 1.807) is 6.07 Å². The third-order valence-electron chi connectivity index (χ3n) is 5.52. The number of hydrogen-bond acceptors (Lipinski definition) is 6. The number of sulfonamides is 2. The van der Waals surface area contributed by atoms with E-state index in [0.29, 0.717) is 17.5 Å². The van der Waals surface area contributed by atoms with Crippen molar-refractivity contribution in [2.24, 2.45) is 11.8 Å². The van der Waals surface area contributed by atoms with Crippen LogP contribution < -0.4 is 9.62 Å². The van der Waals surface area contributed by atoms with Crippen LogP contribution in [0.15, 0.2) is 38.8 Å². The Morgan fingerprint density at radius 3 is 2.37 bits per heavy atom. The van der Waals surface area contributed by atoms with Crippen LogP contribution in [0, 0.1) is 18.8 Å². The Morgan fingerprint density at radius 2 is 1.77 bits per heavy atom. The topological polar surface area (TPSA) is 86.8 Å². The first-order valence-corrected chi connectivity index (χ1v) is 13.6. The first-order chi connectivity index (χ1) is 13.9. The predicted molar refractivity (Wildman–Crippen MR) is 122 cm³/mol. The highest BCUT2D eigenvalue weighted by atomic mass is 32.3. The van der Waals surface area contributed by atoms with Crippen LogP contribution in [0.4, 0.5) is 11.4 Å². The molecule has 10 heteroatoms. The molecule has 1 aliphatic rings. The molecule has 2 aromatic rings. The molecule has 1 saturated heterocycles. The van der Waals surface area contributed by atoms with Crippen molar-refractivity contribution in [1.29, 1.82) is 0 Å². The van der Waals surface area contributed by atoms with Crippen LogP contribution >= 0.6 is 11.3 Å². The maximum absolute atomic E-state index is 13.0. The lowest BCUT2D eigenvalue weighted by Crippen LogP contribution is -2.24. The minimum atomic E-state index is -3.92. The first-order valence-electron chi connectivity index (χ1n) is 9.83. The number of benzene rings is 1. The number of hydrogen-bond donors (Lipinski definition) is 1. The number of nitrogens with one attached hydrogen (secondary N) is 1. The van der Waals surface area contributed by atoms with Gasteiger partial charge >= 0.3 is 0 Å². The van der Waals surface area contributed by atoms with E-state index in [4.69, 9.17) is 0 Å². The van der Waals surface area contributed by atoms with Crippen molar-refractivity contribution < 1.29 is 16.8 Å². The average Bonchev–Trinajstić information content (AvgIpc) is 3.32. The van der Waals surface area contributed by atoms with Crippen LogP contribution in [0.3, 0.4) is 0 Å². The van der Waals surface area contributed by atoms with Crippen molar-refractivity contribution in [2.45, 2.75) is 35.6 Å². The van der Waals surface area contributed by atoms with Gasteiger partial charge < -0.3 is 4.90 Å². The lowest BCUT2D eigenvalue weighted by atomic mass is 9.95. The van der Waals surface area contributed by atoms with Crippen LogP contribution in [-0.2, 0) is 20.0 Å². The quantitative estimate of drug-likeness (QED) is 0.667. The fourth-order valence-corrected chi connectivity index (χ4v) is 7.66. The number of para-hydroxylation sites is 1. The predicted octanol–water partition coefficient (Wildman–Crippen LogP) is 3.59. The molecule has 3 rings (SSSR count). The van der Waals surface area contributed by atoms with E-state index in [-0.39, 0.29) is 8.42 Å². The van der Waals surface area contributed by atoms with Gasteiger partial charge in [-0.3, -0.25) is 4.72 Å². The van der Waals surface area contributed by atoms with Gasteiger partial charge in [0.2, 0.25) is 0 Å². The molecule has 0 aliphatic carbocycles. The summed E-state index contributed by atoms with van der Waals surface area (Å²) in [5.74, 6) is 1.15. The lowest BCUT2D eigenvalue weighted by Gasteiger charge is -2.25. The number of thiophene rings is 1. The summed E-state index contributed by atoms with van der Waals surface area (Å²) in [5.41, 5.74) is 2.41. The summed E-state index contributed by atoms with van der Waals surface area (Å²) < 4.78 is 54.4. The van der Waals surface area contributed by atoms with Gasteiger partial charge in [-0.15, -0.1) is 11.3 Å². The molecule has 0 radical (unpaired) electrons. The third kappa shape index (κ3) is 4.51. The summed E-state index contributed by atoms with van der Waals surface area (Å²) >= 11 is 0.747. The summed E-state index contributed by atoms with van der Waals surface area (Å²) in [6, 6.07) is 8.22. The molecule has 1 fully saturated rings. The second-order valence-corrected chi connectivity index (χ2v) is 13.5. The van der Waals surface area contributed by atoms with Gasteiger partial charge in [0.1, 0.15) is 8.42 Å². The van der Waals surface area contributed by atoms with Crippen molar-refractivity contribution in [3.8, 4) is 0 Å². The van der Waals surface area contributed by atoms with Crippen LogP contribution in [0.25, 0.3) is 0 Å².